The highest BCUT2D eigenvalue weighted by Gasteiger charge is 2.09. The Labute approximate surface area is 125 Å². The van der Waals surface area contributed by atoms with E-state index in [4.69, 9.17) is 5.84 Å². The Hall–Kier alpha value is -1.99. The van der Waals surface area contributed by atoms with Gasteiger partial charge in [-0.1, -0.05) is 31.2 Å². The first-order chi connectivity index (χ1) is 10.1. The second kappa shape index (κ2) is 9.04. The number of nitrogen functional groups attached to an aromatic ring is 1. The molecule has 7 nitrogen and oxygen atoms in total. The van der Waals surface area contributed by atoms with Crippen LogP contribution in [0.25, 0.3) is 0 Å². The lowest BCUT2D eigenvalue weighted by Gasteiger charge is -2.20. The molecule has 0 unspecified atom stereocenters. The second-order valence-electron chi connectivity index (χ2n) is 4.59. The molecule has 0 aromatic heterocycles. The fourth-order valence-electron chi connectivity index (χ4n) is 1.83. The highest BCUT2D eigenvalue weighted by molar-refractivity contribution is 5.98. The Morgan fingerprint density at radius 1 is 1.24 bits per heavy atom. The highest BCUT2D eigenvalue weighted by atomic mass is 16.2. The van der Waals surface area contributed by atoms with E-state index in [-0.39, 0.29) is 5.91 Å². The summed E-state index contributed by atoms with van der Waals surface area (Å²) in [5.41, 5.74) is 3.00. The van der Waals surface area contributed by atoms with Crippen molar-refractivity contribution in [2.24, 2.45) is 16.2 Å². The molecule has 0 saturated carbocycles. The van der Waals surface area contributed by atoms with Crippen LogP contribution in [0, 0.1) is 0 Å². The number of hydrazine groups is 1. The maximum absolute atomic E-state index is 11.6. The van der Waals surface area contributed by atoms with Gasteiger partial charge in [-0.25, -0.2) is 5.84 Å². The van der Waals surface area contributed by atoms with Crippen molar-refractivity contribution in [3.05, 3.63) is 29.8 Å². The van der Waals surface area contributed by atoms with Crippen LogP contribution in [0.5, 0.6) is 0 Å². The number of nitrogens with zero attached hydrogens (tertiary/aromatic N) is 4. The van der Waals surface area contributed by atoms with E-state index >= 15 is 0 Å². The van der Waals surface area contributed by atoms with Crippen LogP contribution in [0.2, 0.25) is 0 Å². The molecule has 0 spiro atoms. The van der Waals surface area contributed by atoms with Gasteiger partial charge < -0.3 is 4.90 Å². The van der Waals surface area contributed by atoms with Gasteiger partial charge in [0.15, 0.2) is 0 Å². The maximum atomic E-state index is 11.6. The van der Waals surface area contributed by atoms with Crippen LogP contribution in [0.3, 0.4) is 0 Å². The molecule has 1 aromatic carbocycles. The zero-order chi connectivity index (χ0) is 15.7. The molecule has 1 amide bonds. The number of amides is 1. The molecular formula is C14H24N6O. The molecule has 21 heavy (non-hydrogen) atoms. The molecular weight excluding hydrogens is 268 g/mol. The smallest absolute Gasteiger partial charge is 0.267 e. The fourth-order valence-corrected chi connectivity index (χ4v) is 1.83. The number of rotatable bonds is 8. The quantitative estimate of drug-likeness (QED) is 0.329. The molecule has 1 rings (SSSR count). The van der Waals surface area contributed by atoms with Crippen LogP contribution in [-0.4, -0.2) is 49.0 Å². The lowest BCUT2D eigenvalue weighted by molar-refractivity contribution is 0.0954. The van der Waals surface area contributed by atoms with E-state index in [1.807, 2.05) is 7.05 Å². The Morgan fingerprint density at radius 2 is 1.90 bits per heavy atom. The van der Waals surface area contributed by atoms with Gasteiger partial charge >= 0.3 is 0 Å². The van der Waals surface area contributed by atoms with Crippen molar-refractivity contribution < 1.29 is 4.79 Å². The van der Waals surface area contributed by atoms with Crippen molar-refractivity contribution in [1.82, 2.24) is 15.3 Å². The normalized spacial score (nSPS) is 11.1. The van der Waals surface area contributed by atoms with Gasteiger partial charge in [0.25, 0.3) is 5.91 Å². The zero-order valence-corrected chi connectivity index (χ0v) is 12.9. The Kier molecular flexibility index (Phi) is 7.34. The van der Waals surface area contributed by atoms with E-state index in [9.17, 15) is 4.79 Å². The minimum atomic E-state index is -0.379. The van der Waals surface area contributed by atoms with Gasteiger partial charge in [-0.3, -0.25) is 15.2 Å². The van der Waals surface area contributed by atoms with Crippen LogP contribution in [0.15, 0.2) is 34.6 Å². The molecule has 0 bridgehead atoms. The van der Waals surface area contributed by atoms with E-state index in [2.05, 4.69) is 34.5 Å². The van der Waals surface area contributed by atoms with E-state index in [0.717, 1.165) is 26.2 Å². The van der Waals surface area contributed by atoms with Gasteiger partial charge in [-0.15, -0.1) is 5.11 Å². The lowest BCUT2D eigenvalue weighted by atomic mass is 10.2. The summed E-state index contributed by atoms with van der Waals surface area (Å²) in [6.07, 6.45) is 0. The Balaban J connectivity index is 2.66. The molecule has 0 fully saturated rings. The summed E-state index contributed by atoms with van der Waals surface area (Å²) >= 11 is 0. The number of carbonyl (C=O) groups is 1. The third-order valence-corrected chi connectivity index (χ3v) is 3.22. The number of carbonyl (C=O) groups excluding carboxylic acids is 1. The first-order valence-corrected chi connectivity index (χ1v) is 7.07. The molecule has 7 heteroatoms. The Bertz CT molecular complexity index is 472. The van der Waals surface area contributed by atoms with E-state index in [1.165, 1.54) is 0 Å². The second-order valence-corrected chi connectivity index (χ2v) is 4.59. The summed E-state index contributed by atoms with van der Waals surface area (Å²) in [6, 6.07) is 6.95. The standard InChI is InChI=1S/C14H24N6O/c1-4-20(5-2)11-10-19(3)18-17-13-9-7-6-8-12(13)14(21)16-15/h6-9H,4-5,10-11,15H2,1-3H3,(H,16,21). The summed E-state index contributed by atoms with van der Waals surface area (Å²) in [6.45, 7) is 7.99. The molecule has 116 valence electrons. The van der Waals surface area contributed by atoms with Gasteiger partial charge in [0.2, 0.25) is 0 Å². The number of nitrogens with two attached hydrogens (primary N) is 1. The molecule has 3 N–H and O–H groups in total. The van der Waals surface area contributed by atoms with Crippen molar-refractivity contribution in [2.75, 3.05) is 33.2 Å². The average Bonchev–Trinajstić information content (AvgIpc) is 2.53. The summed E-state index contributed by atoms with van der Waals surface area (Å²) in [7, 11) is 1.86. The van der Waals surface area contributed by atoms with Crippen molar-refractivity contribution in [2.45, 2.75) is 13.8 Å². The molecule has 0 aliphatic carbocycles. The predicted molar refractivity (Wildman–Crippen MR) is 83.0 cm³/mol. The number of hydrogen-bond acceptors (Lipinski definition) is 5. The Morgan fingerprint density at radius 3 is 2.52 bits per heavy atom. The predicted octanol–water partition coefficient (Wildman–Crippen LogP) is 1.56. The van der Waals surface area contributed by atoms with Crippen LogP contribution >= 0.6 is 0 Å². The average molecular weight is 292 g/mol. The van der Waals surface area contributed by atoms with E-state index in [0.29, 0.717) is 11.3 Å². The largest absolute Gasteiger partial charge is 0.302 e. The number of hydrogen-bond donors (Lipinski definition) is 2. The van der Waals surface area contributed by atoms with Gasteiger partial charge in [-0.2, -0.15) is 0 Å². The molecule has 1 aromatic rings. The van der Waals surface area contributed by atoms with E-state index in [1.54, 1.807) is 29.3 Å². The van der Waals surface area contributed by atoms with Crippen molar-refractivity contribution >= 4 is 11.6 Å². The molecule has 0 aliphatic heterocycles. The van der Waals surface area contributed by atoms with E-state index < -0.39 is 0 Å². The van der Waals surface area contributed by atoms with Crippen molar-refractivity contribution in [3.63, 3.8) is 0 Å². The monoisotopic (exact) mass is 292 g/mol. The van der Waals surface area contributed by atoms with Gasteiger partial charge in [-0.05, 0) is 25.2 Å². The third kappa shape index (κ3) is 5.49. The zero-order valence-electron chi connectivity index (χ0n) is 12.9. The van der Waals surface area contributed by atoms with Crippen LogP contribution < -0.4 is 11.3 Å². The van der Waals surface area contributed by atoms with Crippen LogP contribution in [0.4, 0.5) is 5.69 Å². The van der Waals surface area contributed by atoms with Gasteiger partial charge in [0, 0.05) is 13.6 Å². The number of likely N-dealkylation sites (N-methyl/N-ethyl adjacent to an activating group) is 2. The lowest BCUT2D eigenvalue weighted by Crippen LogP contribution is -2.31. The fraction of sp³-hybridized carbons (Fsp3) is 0.500. The van der Waals surface area contributed by atoms with Gasteiger partial charge in [0.1, 0.15) is 5.69 Å². The summed E-state index contributed by atoms with van der Waals surface area (Å²) < 4.78 is 0. The molecule has 0 atom stereocenters. The minimum absolute atomic E-state index is 0.379. The third-order valence-electron chi connectivity index (χ3n) is 3.22. The first kappa shape index (κ1) is 17.1. The van der Waals surface area contributed by atoms with Crippen molar-refractivity contribution in [1.29, 1.82) is 0 Å². The molecule has 0 saturated heterocycles. The summed E-state index contributed by atoms with van der Waals surface area (Å²) in [5, 5.41) is 10.0. The topological polar surface area (TPSA) is 86.3 Å². The molecule has 0 radical (unpaired) electrons. The van der Waals surface area contributed by atoms with Gasteiger partial charge in [0.05, 0.1) is 12.1 Å². The van der Waals surface area contributed by atoms with Crippen LogP contribution in [0.1, 0.15) is 24.2 Å². The summed E-state index contributed by atoms with van der Waals surface area (Å²) in [4.78, 5) is 13.9. The first-order valence-electron chi connectivity index (χ1n) is 7.07. The SMILES string of the molecule is CCN(CC)CCN(C)N=Nc1ccccc1C(=O)NN. The summed E-state index contributed by atoms with van der Waals surface area (Å²) in [5.74, 6) is 4.77. The van der Waals surface area contributed by atoms with Crippen molar-refractivity contribution in [3.8, 4) is 0 Å². The molecule has 0 heterocycles. The molecule has 0 aliphatic rings. The maximum Gasteiger partial charge on any atom is 0.267 e. The minimum Gasteiger partial charge on any atom is -0.302 e. The number of nitrogens with one attached hydrogen (secondary N) is 1. The highest BCUT2D eigenvalue weighted by Crippen LogP contribution is 2.18. The van der Waals surface area contributed by atoms with Crippen LogP contribution in [-0.2, 0) is 0 Å². The number of benzene rings is 1.